The first-order valence-electron chi connectivity index (χ1n) is 6.30. The molecular weight excluding hydrogens is 283 g/mol. The number of benzene rings is 1. The van der Waals surface area contributed by atoms with Crippen molar-refractivity contribution in [3.05, 3.63) is 57.3 Å². The summed E-state index contributed by atoms with van der Waals surface area (Å²) in [5, 5.41) is 7.49. The van der Waals surface area contributed by atoms with Gasteiger partial charge in [0.15, 0.2) is 0 Å². The molecule has 0 radical (unpaired) electrons. The summed E-state index contributed by atoms with van der Waals surface area (Å²) in [5.74, 6) is 0. The zero-order chi connectivity index (χ0) is 14.8. The largest absolute Gasteiger partial charge is 0.416 e. The fraction of sp³-hybridized carbons (Fsp3) is 0.333. The normalized spacial score (nSPS) is 13.4. The molecule has 0 amide bonds. The smallest absolute Gasteiger partial charge is 0.306 e. The van der Waals surface area contributed by atoms with Crippen molar-refractivity contribution in [2.75, 3.05) is 0 Å². The topological polar surface area (TPSA) is 12.0 Å². The number of halogens is 3. The van der Waals surface area contributed by atoms with Crippen molar-refractivity contribution >= 4 is 11.3 Å². The highest BCUT2D eigenvalue weighted by atomic mass is 32.1. The summed E-state index contributed by atoms with van der Waals surface area (Å²) in [6.07, 6.45) is -4.27. The second-order valence-electron chi connectivity index (χ2n) is 4.80. The van der Waals surface area contributed by atoms with Crippen molar-refractivity contribution in [2.45, 2.75) is 32.6 Å². The van der Waals surface area contributed by atoms with E-state index in [1.165, 1.54) is 23.3 Å². The number of aryl methyl sites for hydroxylation is 1. The van der Waals surface area contributed by atoms with Gasteiger partial charge in [-0.2, -0.15) is 24.5 Å². The Balaban J connectivity index is 1.99. The predicted octanol–water partition coefficient (Wildman–Crippen LogP) is 4.93. The molecule has 0 spiro atoms. The summed E-state index contributed by atoms with van der Waals surface area (Å²) in [5.41, 5.74) is 2.71. The summed E-state index contributed by atoms with van der Waals surface area (Å²) in [4.78, 5) is 0. The van der Waals surface area contributed by atoms with Crippen molar-refractivity contribution in [3.8, 4) is 0 Å². The van der Waals surface area contributed by atoms with Crippen LogP contribution in [0.5, 0.6) is 0 Å². The van der Waals surface area contributed by atoms with Gasteiger partial charge in [-0.3, -0.25) is 0 Å². The van der Waals surface area contributed by atoms with E-state index in [1.807, 2.05) is 6.92 Å². The van der Waals surface area contributed by atoms with E-state index in [9.17, 15) is 13.2 Å². The number of thiophene rings is 1. The van der Waals surface area contributed by atoms with Crippen LogP contribution in [0, 0.1) is 6.92 Å². The fourth-order valence-electron chi connectivity index (χ4n) is 1.91. The number of alkyl halides is 3. The SMILES string of the molecule is Cc1cscc1CNC(C)c1ccc(C(F)(F)F)cc1. The van der Waals surface area contributed by atoms with Crippen molar-refractivity contribution in [2.24, 2.45) is 0 Å². The molecule has 0 saturated carbocycles. The second-order valence-corrected chi connectivity index (χ2v) is 5.55. The average molecular weight is 299 g/mol. The molecule has 1 aromatic heterocycles. The first kappa shape index (κ1) is 15.1. The minimum Gasteiger partial charge on any atom is -0.306 e. The maximum absolute atomic E-state index is 12.5. The average Bonchev–Trinajstić information content (AvgIpc) is 2.81. The van der Waals surface area contributed by atoms with Gasteiger partial charge in [0.2, 0.25) is 0 Å². The molecule has 1 unspecified atom stereocenters. The summed E-state index contributed by atoms with van der Waals surface area (Å²) in [6.45, 7) is 4.72. The van der Waals surface area contributed by atoms with Crippen LogP contribution in [-0.4, -0.2) is 0 Å². The molecule has 1 nitrogen and oxygen atoms in total. The third kappa shape index (κ3) is 3.61. The first-order chi connectivity index (χ1) is 9.38. The van der Waals surface area contributed by atoms with Crippen LogP contribution in [0.25, 0.3) is 0 Å². The van der Waals surface area contributed by atoms with Crippen molar-refractivity contribution in [1.29, 1.82) is 0 Å². The molecule has 0 aliphatic heterocycles. The lowest BCUT2D eigenvalue weighted by Gasteiger charge is -2.15. The molecule has 108 valence electrons. The molecule has 0 saturated heterocycles. The van der Waals surface area contributed by atoms with Crippen molar-refractivity contribution < 1.29 is 13.2 Å². The summed E-state index contributed by atoms with van der Waals surface area (Å²) in [6, 6.07) is 5.32. The molecule has 5 heteroatoms. The molecule has 0 bridgehead atoms. The first-order valence-corrected chi connectivity index (χ1v) is 7.24. The number of hydrogen-bond acceptors (Lipinski definition) is 2. The zero-order valence-electron chi connectivity index (χ0n) is 11.3. The molecule has 1 heterocycles. The van der Waals surface area contributed by atoms with E-state index in [2.05, 4.69) is 23.0 Å². The highest BCUT2D eigenvalue weighted by Crippen LogP contribution is 2.30. The van der Waals surface area contributed by atoms with E-state index >= 15 is 0 Å². The zero-order valence-corrected chi connectivity index (χ0v) is 12.1. The van der Waals surface area contributed by atoms with Crippen LogP contribution in [0.4, 0.5) is 13.2 Å². The summed E-state index contributed by atoms with van der Waals surface area (Å²) < 4.78 is 37.5. The third-order valence-corrected chi connectivity index (χ3v) is 4.21. The van der Waals surface area contributed by atoms with Gasteiger partial charge < -0.3 is 5.32 Å². The molecular formula is C15H16F3NS. The van der Waals surface area contributed by atoms with Crippen LogP contribution in [0.3, 0.4) is 0 Å². The van der Waals surface area contributed by atoms with E-state index in [4.69, 9.17) is 0 Å². The van der Waals surface area contributed by atoms with Gasteiger partial charge in [-0.25, -0.2) is 0 Å². The van der Waals surface area contributed by atoms with E-state index < -0.39 is 11.7 Å². The molecule has 2 rings (SSSR count). The van der Waals surface area contributed by atoms with Gasteiger partial charge in [0, 0.05) is 12.6 Å². The maximum Gasteiger partial charge on any atom is 0.416 e. The Bertz CT molecular complexity index is 557. The molecule has 20 heavy (non-hydrogen) atoms. The van der Waals surface area contributed by atoms with Gasteiger partial charge in [-0.05, 0) is 53.4 Å². The Labute approximate surface area is 120 Å². The molecule has 0 aliphatic rings. The Morgan fingerprint density at radius 2 is 1.80 bits per heavy atom. The van der Waals surface area contributed by atoms with Crippen molar-refractivity contribution in [1.82, 2.24) is 5.32 Å². The molecule has 1 aromatic carbocycles. The highest BCUT2D eigenvalue weighted by Gasteiger charge is 2.30. The Morgan fingerprint density at radius 1 is 1.15 bits per heavy atom. The minimum absolute atomic E-state index is 0.0107. The maximum atomic E-state index is 12.5. The number of rotatable bonds is 4. The quantitative estimate of drug-likeness (QED) is 0.844. The molecule has 2 aromatic rings. The molecule has 0 fully saturated rings. The van der Waals surface area contributed by atoms with Gasteiger partial charge in [0.25, 0.3) is 0 Å². The van der Waals surface area contributed by atoms with Gasteiger partial charge in [-0.1, -0.05) is 12.1 Å². The molecule has 1 atom stereocenters. The lowest BCUT2D eigenvalue weighted by atomic mass is 10.1. The standard InChI is InChI=1S/C15H16F3NS/c1-10-8-20-9-13(10)7-19-11(2)12-3-5-14(6-4-12)15(16,17)18/h3-6,8-9,11,19H,7H2,1-2H3. The van der Waals surface area contributed by atoms with Crippen LogP contribution >= 0.6 is 11.3 Å². The Hall–Kier alpha value is -1.33. The van der Waals surface area contributed by atoms with Crippen LogP contribution in [0.2, 0.25) is 0 Å². The molecule has 1 N–H and O–H groups in total. The fourth-order valence-corrected chi connectivity index (χ4v) is 2.77. The summed E-state index contributed by atoms with van der Waals surface area (Å²) in [7, 11) is 0. The van der Waals surface area contributed by atoms with E-state index in [0.29, 0.717) is 0 Å². The third-order valence-electron chi connectivity index (χ3n) is 3.30. The minimum atomic E-state index is -4.27. The van der Waals surface area contributed by atoms with Crippen molar-refractivity contribution in [3.63, 3.8) is 0 Å². The molecule has 0 aliphatic carbocycles. The lowest BCUT2D eigenvalue weighted by Crippen LogP contribution is -2.18. The van der Waals surface area contributed by atoms with Gasteiger partial charge in [-0.15, -0.1) is 0 Å². The van der Waals surface area contributed by atoms with Crippen LogP contribution in [0.15, 0.2) is 35.0 Å². The van der Waals surface area contributed by atoms with Crippen LogP contribution < -0.4 is 5.32 Å². The van der Waals surface area contributed by atoms with E-state index in [0.717, 1.165) is 24.2 Å². The van der Waals surface area contributed by atoms with Gasteiger partial charge in [0.1, 0.15) is 0 Å². The number of nitrogens with one attached hydrogen (secondary N) is 1. The second kappa shape index (κ2) is 5.97. The lowest BCUT2D eigenvalue weighted by molar-refractivity contribution is -0.137. The Morgan fingerprint density at radius 3 is 2.30 bits per heavy atom. The van der Waals surface area contributed by atoms with E-state index in [1.54, 1.807) is 11.3 Å². The monoisotopic (exact) mass is 299 g/mol. The summed E-state index contributed by atoms with van der Waals surface area (Å²) >= 11 is 1.65. The highest BCUT2D eigenvalue weighted by molar-refractivity contribution is 7.08. The predicted molar refractivity (Wildman–Crippen MR) is 75.8 cm³/mol. The van der Waals surface area contributed by atoms with Crippen LogP contribution in [-0.2, 0) is 12.7 Å². The van der Waals surface area contributed by atoms with E-state index in [-0.39, 0.29) is 6.04 Å². The van der Waals surface area contributed by atoms with Gasteiger partial charge in [0.05, 0.1) is 5.56 Å². The number of hydrogen-bond donors (Lipinski definition) is 1. The Kier molecular flexibility index (Phi) is 4.50. The van der Waals surface area contributed by atoms with Crippen LogP contribution in [0.1, 0.15) is 35.2 Å². The van der Waals surface area contributed by atoms with Gasteiger partial charge >= 0.3 is 6.18 Å².